The highest BCUT2D eigenvalue weighted by Crippen LogP contribution is 2.01. The van der Waals surface area contributed by atoms with E-state index >= 15 is 0 Å². The Hall–Kier alpha value is 0.340. The van der Waals surface area contributed by atoms with Crippen LogP contribution in [0.5, 0.6) is 0 Å². The van der Waals surface area contributed by atoms with Gasteiger partial charge in [-0.05, 0) is 25.9 Å². The summed E-state index contributed by atoms with van der Waals surface area (Å²) in [5.74, 6) is 0. The van der Waals surface area contributed by atoms with Crippen molar-refractivity contribution in [3.63, 3.8) is 0 Å². The molecule has 2 fully saturated rings. The monoisotopic (exact) mass is 306 g/mol. The lowest BCUT2D eigenvalue weighted by Crippen LogP contribution is -2.43. The van der Waals surface area contributed by atoms with Crippen LogP contribution in [0.25, 0.3) is 0 Å². The van der Waals surface area contributed by atoms with Crippen LogP contribution in [-0.4, -0.2) is 71.0 Å². The van der Waals surface area contributed by atoms with Crippen molar-refractivity contribution < 1.29 is 20.4 Å². The van der Waals surface area contributed by atoms with Crippen molar-refractivity contribution in [3.8, 4) is 0 Å². The van der Waals surface area contributed by atoms with E-state index in [1.165, 1.54) is 0 Å². The smallest absolute Gasteiger partial charge is 0.0923 e. The molecule has 0 aromatic carbocycles. The fourth-order valence-corrected chi connectivity index (χ4v) is 1.66. The van der Waals surface area contributed by atoms with Crippen LogP contribution < -0.4 is 10.6 Å². The molecule has 0 aromatic heterocycles. The first-order valence-electron chi connectivity index (χ1n) is 5.75. The topological polar surface area (TPSA) is 105 Å². The van der Waals surface area contributed by atoms with Crippen molar-refractivity contribution in [2.75, 3.05) is 26.2 Å². The Kier molecular flexibility index (Phi) is 12.8. The first kappa shape index (κ1) is 20.7. The normalized spacial score (nSPS) is 35.3. The van der Waals surface area contributed by atoms with Gasteiger partial charge in [0, 0.05) is 13.1 Å². The van der Waals surface area contributed by atoms with Gasteiger partial charge in [0.25, 0.3) is 0 Å². The molecule has 0 spiro atoms. The Morgan fingerprint density at radius 2 is 0.944 bits per heavy atom. The number of aliphatic hydroxyl groups is 4. The molecule has 0 unspecified atom stereocenters. The summed E-state index contributed by atoms with van der Waals surface area (Å²) in [5, 5.41) is 41.4. The summed E-state index contributed by atoms with van der Waals surface area (Å²) in [6.45, 7) is 2.69. The van der Waals surface area contributed by atoms with Gasteiger partial charge in [0.15, 0.2) is 0 Å². The minimum atomic E-state index is -0.552. The van der Waals surface area contributed by atoms with Gasteiger partial charge < -0.3 is 31.1 Å². The van der Waals surface area contributed by atoms with Gasteiger partial charge >= 0.3 is 0 Å². The van der Waals surface area contributed by atoms with Crippen molar-refractivity contribution in [1.29, 1.82) is 0 Å². The lowest BCUT2D eigenvalue weighted by Gasteiger charge is -2.23. The predicted octanol–water partition coefficient (Wildman–Crippen LogP) is -1.75. The van der Waals surface area contributed by atoms with Crippen LogP contribution in [0.1, 0.15) is 12.8 Å². The molecule has 18 heavy (non-hydrogen) atoms. The van der Waals surface area contributed by atoms with Crippen molar-refractivity contribution in [2.45, 2.75) is 37.3 Å². The third kappa shape index (κ3) is 7.70. The number of hydrogen-bond acceptors (Lipinski definition) is 6. The summed E-state index contributed by atoms with van der Waals surface area (Å²) in [4.78, 5) is 0. The average Bonchev–Trinajstić information content (AvgIpc) is 2.28. The molecule has 0 aromatic rings. The third-order valence-corrected chi connectivity index (χ3v) is 2.83. The Morgan fingerprint density at radius 1 is 0.611 bits per heavy atom. The van der Waals surface area contributed by atoms with Crippen LogP contribution in [0.15, 0.2) is 0 Å². The van der Waals surface area contributed by atoms with Crippen molar-refractivity contribution in [1.82, 2.24) is 10.6 Å². The molecule has 2 heterocycles. The van der Waals surface area contributed by atoms with Gasteiger partial charge in [-0.1, -0.05) is 0 Å². The fraction of sp³-hybridized carbons (Fsp3) is 1.00. The Balaban J connectivity index is 0. The maximum atomic E-state index is 8.89. The van der Waals surface area contributed by atoms with E-state index in [1.54, 1.807) is 0 Å². The number of rotatable bonds is 0. The van der Waals surface area contributed by atoms with Crippen molar-refractivity contribution in [3.05, 3.63) is 0 Å². The van der Waals surface area contributed by atoms with Gasteiger partial charge in [-0.3, -0.25) is 0 Å². The standard InChI is InChI=1S/2C5H11NO2.2ClH/c2*7-4-1-2-6-3-5(4)8;;/h2*4-8H,1-3H2;2*1H/t2*4-,5+;;/m10../s1. The zero-order valence-corrected chi connectivity index (χ0v) is 11.8. The molecule has 2 saturated heterocycles. The quantitative estimate of drug-likeness (QED) is 0.317. The Bertz CT molecular complexity index is 163. The molecule has 2 aliphatic heterocycles. The highest BCUT2D eigenvalue weighted by molar-refractivity contribution is 5.85. The van der Waals surface area contributed by atoms with E-state index in [2.05, 4.69) is 10.6 Å². The minimum Gasteiger partial charge on any atom is -0.390 e. The summed E-state index contributed by atoms with van der Waals surface area (Å²) in [7, 11) is 0. The largest absolute Gasteiger partial charge is 0.390 e. The number of halogens is 2. The molecule has 2 aliphatic rings. The van der Waals surface area contributed by atoms with Gasteiger partial charge in [-0.2, -0.15) is 0 Å². The average molecular weight is 307 g/mol. The second-order valence-corrected chi connectivity index (χ2v) is 4.25. The summed E-state index contributed by atoms with van der Waals surface area (Å²) in [6, 6.07) is 0. The van der Waals surface area contributed by atoms with E-state index in [4.69, 9.17) is 20.4 Å². The lowest BCUT2D eigenvalue weighted by atomic mass is 10.1. The zero-order valence-electron chi connectivity index (χ0n) is 10.2. The molecule has 112 valence electrons. The minimum absolute atomic E-state index is 0. The Labute approximate surface area is 120 Å². The van der Waals surface area contributed by atoms with Gasteiger partial charge in [-0.15, -0.1) is 24.8 Å². The van der Waals surface area contributed by atoms with Crippen molar-refractivity contribution in [2.24, 2.45) is 0 Å². The fourth-order valence-electron chi connectivity index (χ4n) is 1.66. The zero-order chi connectivity index (χ0) is 12.0. The molecule has 4 atom stereocenters. The van der Waals surface area contributed by atoms with Crippen LogP contribution >= 0.6 is 24.8 Å². The van der Waals surface area contributed by atoms with E-state index in [9.17, 15) is 0 Å². The highest BCUT2D eigenvalue weighted by Gasteiger charge is 2.19. The SMILES string of the molecule is Cl.Cl.O[C@@H]1CCNC[C@@H]1O.O[C@@H]1CNCC[C@@H]1O. The number of nitrogens with one attached hydrogen (secondary N) is 2. The van der Waals surface area contributed by atoms with Gasteiger partial charge in [0.2, 0.25) is 0 Å². The molecular formula is C10H24Cl2N2O4. The Morgan fingerprint density at radius 3 is 1.11 bits per heavy atom. The number of piperidine rings is 2. The lowest BCUT2D eigenvalue weighted by molar-refractivity contribution is 0.000431. The summed E-state index contributed by atoms with van der Waals surface area (Å²) < 4.78 is 0. The molecule has 0 radical (unpaired) electrons. The molecule has 0 saturated carbocycles. The molecule has 0 aliphatic carbocycles. The number of aliphatic hydroxyl groups excluding tert-OH is 4. The number of β-amino-alcohol motifs (C(OH)–C–C–N with tert-alkyl or cyclic N) is 2. The molecule has 0 bridgehead atoms. The predicted molar refractivity (Wildman–Crippen MR) is 73.5 cm³/mol. The van der Waals surface area contributed by atoms with E-state index in [0.717, 1.165) is 13.1 Å². The van der Waals surface area contributed by atoms with E-state index < -0.39 is 24.4 Å². The van der Waals surface area contributed by atoms with Gasteiger partial charge in [0.1, 0.15) is 0 Å². The van der Waals surface area contributed by atoms with E-state index in [0.29, 0.717) is 25.9 Å². The number of hydrogen-bond donors (Lipinski definition) is 6. The van der Waals surface area contributed by atoms with E-state index in [1.807, 2.05) is 0 Å². The first-order valence-corrected chi connectivity index (χ1v) is 5.75. The third-order valence-electron chi connectivity index (χ3n) is 2.83. The maximum absolute atomic E-state index is 8.89. The van der Waals surface area contributed by atoms with E-state index in [-0.39, 0.29) is 24.8 Å². The van der Waals surface area contributed by atoms with Crippen molar-refractivity contribution >= 4 is 24.8 Å². The molecule has 6 N–H and O–H groups in total. The van der Waals surface area contributed by atoms with Crippen LogP contribution in [0.2, 0.25) is 0 Å². The summed E-state index contributed by atoms with van der Waals surface area (Å²) in [5.41, 5.74) is 0. The van der Waals surface area contributed by atoms with Crippen LogP contribution in [-0.2, 0) is 0 Å². The van der Waals surface area contributed by atoms with Gasteiger partial charge in [0.05, 0.1) is 24.4 Å². The molecular weight excluding hydrogens is 283 g/mol. The second kappa shape index (κ2) is 11.2. The van der Waals surface area contributed by atoms with Crippen LogP contribution in [0, 0.1) is 0 Å². The molecule has 2 rings (SSSR count). The van der Waals surface area contributed by atoms with Gasteiger partial charge in [-0.25, -0.2) is 0 Å². The second-order valence-electron chi connectivity index (χ2n) is 4.25. The summed E-state index contributed by atoms with van der Waals surface area (Å²) >= 11 is 0. The molecule has 0 amide bonds. The maximum Gasteiger partial charge on any atom is 0.0923 e. The molecule has 6 nitrogen and oxygen atoms in total. The molecule has 8 heteroatoms. The highest BCUT2D eigenvalue weighted by atomic mass is 35.5. The van der Waals surface area contributed by atoms with Crippen LogP contribution in [0.3, 0.4) is 0 Å². The summed E-state index contributed by atoms with van der Waals surface area (Å²) in [6.07, 6.45) is -0.775. The first-order chi connectivity index (χ1) is 7.61. The van der Waals surface area contributed by atoms with Crippen LogP contribution in [0.4, 0.5) is 0 Å².